The van der Waals surface area contributed by atoms with Crippen LogP contribution < -0.4 is 4.74 Å². The minimum Gasteiger partial charge on any atom is -0.410 e. The minimum atomic E-state index is -0.285. The highest BCUT2D eigenvalue weighted by molar-refractivity contribution is 5.70. The first kappa shape index (κ1) is 22.0. The largest absolute Gasteiger partial charge is 0.415 e. The van der Waals surface area contributed by atoms with Gasteiger partial charge in [-0.05, 0) is 56.0 Å². The van der Waals surface area contributed by atoms with E-state index in [-0.39, 0.29) is 6.09 Å². The molecule has 7 heteroatoms. The first-order chi connectivity index (χ1) is 15.5. The van der Waals surface area contributed by atoms with E-state index in [1.807, 2.05) is 50.4 Å². The molecule has 32 heavy (non-hydrogen) atoms. The molecule has 1 fully saturated rings. The van der Waals surface area contributed by atoms with Crippen LogP contribution in [0.2, 0.25) is 0 Å². The van der Waals surface area contributed by atoms with Gasteiger partial charge in [0.2, 0.25) is 0 Å². The van der Waals surface area contributed by atoms with Crippen LogP contribution in [0.5, 0.6) is 5.75 Å². The molecule has 0 atom stereocenters. The van der Waals surface area contributed by atoms with Gasteiger partial charge in [-0.25, -0.2) is 4.79 Å². The average Bonchev–Trinajstić information content (AvgIpc) is 3.23. The smallest absolute Gasteiger partial charge is 0.410 e. The van der Waals surface area contributed by atoms with Crippen LogP contribution in [-0.2, 0) is 19.3 Å². The van der Waals surface area contributed by atoms with Gasteiger partial charge in [-0.3, -0.25) is 9.88 Å². The summed E-state index contributed by atoms with van der Waals surface area (Å²) in [6.07, 6.45) is 4.24. The van der Waals surface area contributed by atoms with Crippen molar-refractivity contribution in [3.05, 3.63) is 76.9 Å². The molecule has 1 aliphatic heterocycles. The van der Waals surface area contributed by atoms with Crippen LogP contribution >= 0.6 is 0 Å². The first-order valence-electron chi connectivity index (χ1n) is 11.2. The highest BCUT2D eigenvalue weighted by Gasteiger charge is 2.22. The second kappa shape index (κ2) is 10.4. The van der Waals surface area contributed by atoms with Gasteiger partial charge in [0, 0.05) is 57.1 Å². The molecule has 2 aromatic heterocycles. The number of hydrogen-bond acceptors (Lipinski definition) is 6. The molecule has 3 aromatic rings. The fourth-order valence-corrected chi connectivity index (χ4v) is 3.76. The van der Waals surface area contributed by atoms with Crippen molar-refractivity contribution in [1.29, 1.82) is 0 Å². The van der Waals surface area contributed by atoms with E-state index in [0.29, 0.717) is 18.8 Å². The molecule has 0 bridgehead atoms. The molecular formula is C25H30N4O3. The average molecular weight is 435 g/mol. The maximum Gasteiger partial charge on any atom is 0.415 e. The van der Waals surface area contributed by atoms with Crippen LogP contribution in [0, 0.1) is 13.8 Å². The van der Waals surface area contributed by atoms with Crippen molar-refractivity contribution in [2.24, 2.45) is 0 Å². The Morgan fingerprint density at radius 2 is 1.78 bits per heavy atom. The summed E-state index contributed by atoms with van der Waals surface area (Å²) < 4.78 is 10.9. The van der Waals surface area contributed by atoms with Crippen LogP contribution in [-0.4, -0.2) is 58.8 Å². The molecule has 0 unspecified atom stereocenters. The van der Waals surface area contributed by atoms with Crippen molar-refractivity contribution in [3.63, 3.8) is 0 Å². The number of ether oxygens (including phenoxy) is 1. The fourth-order valence-electron chi connectivity index (χ4n) is 3.76. The minimum absolute atomic E-state index is 0.285. The third-order valence-electron chi connectivity index (χ3n) is 5.75. The molecule has 0 spiro atoms. The molecule has 7 nitrogen and oxygen atoms in total. The highest BCUT2D eigenvalue weighted by atomic mass is 16.6. The summed E-state index contributed by atoms with van der Waals surface area (Å²) in [7, 11) is 0. The fraction of sp³-hybridized carbons (Fsp3) is 0.400. The maximum atomic E-state index is 12.5. The molecule has 1 aliphatic rings. The Hall–Kier alpha value is -3.19. The third-order valence-corrected chi connectivity index (χ3v) is 5.75. The zero-order valence-electron chi connectivity index (χ0n) is 18.8. The molecule has 0 aliphatic carbocycles. The van der Waals surface area contributed by atoms with Crippen molar-refractivity contribution in [2.45, 2.75) is 33.1 Å². The Balaban J connectivity index is 1.19. The van der Waals surface area contributed by atoms with E-state index in [9.17, 15) is 4.79 Å². The summed E-state index contributed by atoms with van der Waals surface area (Å²) in [4.78, 5) is 21.1. The zero-order valence-corrected chi connectivity index (χ0v) is 18.8. The molecule has 4 rings (SSSR count). The van der Waals surface area contributed by atoms with Gasteiger partial charge in [-0.2, -0.15) is 0 Å². The van der Waals surface area contributed by atoms with E-state index in [1.165, 1.54) is 11.1 Å². The summed E-state index contributed by atoms with van der Waals surface area (Å²) in [6.45, 7) is 7.84. The van der Waals surface area contributed by atoms with Gasteiger partial charge in [0.1, 0.15) is 11.5 Å². The Morgan fingerprint density at radius 3 is 2.44 bits per heavy atom. The lowest BCUT2D eigenvalue weighted by Gasteiger charge is -2.33. The number of aryl methyl sites for hydroxylation is 4. The molecule has 3 heterocycles. The van der Waals surface area contributed by atoms with Gasteiger partial charge in [0.15, 0.2) is 0 Å². The molecule has 0 radical (unpaired) electrons. The Morgan fingerprint density at radius 1 is 1.00 bits per heavy atom. The lowest BCUT2D eigenvalue weighted by molar-refractivity contribution is 0.110. The molecule has 0 N–H and O–H groups in total. The molecule has 168 valence electrons. The van der Waals surface area contributed by atoms with Gasteiger partial charge >= 0.3 is 6.09 Å². The van der Waals surface area contributed by atoms with E-state index in [0.717, 1.165) is 56.0 Å². The number of hydrogen-bond donors (Lipinski definition) is 0. The first-order valence-corrected chi connectivity index (χ1v) is 11.2. The predicted molar refractivity (Wildman–Crippen MR) is 122 cm³/mol. The van der Waals surface area contributed by atoms with E-state index in [4.69, 9.17) is 9.26 Å². The van der Waals surface area contributed by atoms with E-state index in [2.05, 4.69) is 27.2 Å². The summed E-state index contributed by atoms with van der Waals surface area (Å²) in [5.41, 5.74) is 4.36. The van der Waals surface area contributed by atoms with Gasteiger partial charge in [-0.1, -0.05) is 23.4 Å². The number of amides is 1. The molecule has 1 amide bonds. The topological polar surface area (TPSA) is 71.7 Å². The number of aromatic nitrogens is 2. The summed E-state index contributed by atoms with van der Waals surface area (Å²) >= 11 is 0. The summed E-state index contributed by atoms with van der Waals surface area (Å²) in [5, 5.41) is 3.92. The van der Waals surface area contributed by atoms with Crippen molar-refractivity contribution in [1.82, 2.24) is 19.9 Å². The lowest BCUT2D eigenvalue weighted by atomic mass is 10.1. The molecule has 1 saturated heterocycles. The predicted octanol–water partition coefficient (Wildman–Crippen LogP) is 3.83. The third kappa shape index (κ3) is 6.17. The Labute approximate surface area is 189 Å². The van der Waals surface area contributed by atoms with Crippen molar-refractivity contribution in [3.8, 4) is 5.75 Å². The van der Waals surface area contributed by atoms with Crippen molar-refractivity contribution < 1.29 is 14.1 Å². The normalized spacial score (nSPS) is 14.5. The van der Waals surface area contributed by atoms with Crippen LogP contribution in [0.25, 0.3) is 0 Å². The quantitative estimate of drug-likeness (QED) is 0.563. The van der Waals surface area contributed by atoms with Gasteiger partial charge in [0.25, 0.3) is 0 Å². The van der Waals surface area contributed by atoms with Crippen LogP contribution in [0.3, 0.4) is 0 Å². The number of piperazine rings is 1. The summed E-state index contributed by atoms with van der Waals surface area (Å²) in [5.74, 6) is 1.48. The number of nitrogens with zero attached hydrogens (tertiary/aromatic N) is 4. The van der Waals surface area contributed by atoms with Crippen molar-refractivity contribution in [2.75, 3.05) is 32.7 Å². The van der Waals surface area contributed by atoms with E-state index < -0.39 is 0 Å². The summed E-state index contributed by atoms with van der Waals surface area (Å²) in [6, 6.07) is 13.9. The number of carbonyl (C=O) groups is 1. The second-order valence-electron chi connectivity index (χ2n) is 8.35. The van der Waals surface area contributed by atoms with Gasteiger partial charge in [0.05, 0.1) is 5.69 Å². The van der Waals surface area contributed by atoms with E-state index in [1.54, 1.807) is 4.90 Å². The van der Waals surface area contributed by atoms with Crippen LogP contribution in [0.4, 0.5) is 4.79 Å². The SMILES string of the molecule is Cc1ccc(CCc2ccc(OC(=O)N3CCN(CCc4cc(C)no4)CC3)cc2)nc1. The van der Waals surface area contributed by atoms with Crippen molar-refractivity contribution >= 4 is 6.09 Å². The lowest BCUT2D eigenvalue weighted by Crippen LogP contribution is -2.49. The highest BCUT2D eigenvalue weighted by Crippen LogP contribution is 2.16. The Bertz CT molecular complexity index is 1010. The standard InChI is InChI=1S/C25H30N4O3/c1-19-3-7-22(26-18-19)8-4-21-5-9-23(10-6-21)31-25(30)29-15-13-28(14-16-29)12-11-24-17-20(2)27-32-24/h3,5-7,9-10,17-18H,4,8,11-16H2,1-2H3. The van der Waals surface area contributed by atoms with Gasteiger partial charge in [-0.15, -0.1) is 0 Å². The number of benzene rings is 1. The molecule has 1 aromatic carbocycles. The molecule has 0 saturated carbocycles. The number of carbonyl (C=O) groups excluding carboxylic acids is 1. The number of pyridine rings is 1. The van der Waals surface area contributed by atoms with E-state index >= 15 is 0 Å². The van der Waals surface area contributed by atoms with Gasteiger partial charge < -0.3 is 14.2 Å². The zero-order chi connectivity index (χ0) is 22.3. The molecular weight excluding hydrogens is 404 g/mol. The second-order valence-corrected chi connectivity index (χ2v) is 8.35. The maximum absolute atomic E-state index is 12.5. The van der Waals surface area contributed by atoms with Crippen LogP contribution in [0.1, 0.15) is 28.3 Å². The Kier molecular flexibility index (Phi) is 7.17. The number of rotatable bonds is 7. The monoisotopic (exact) mass is 434 g/mol. The van der Waals surface area contributed by atoms with Crippen LogP contribution in [0.15, 0.2) is 53.2 Å².